The summed E-state index contributed by atoms with van der Waals surface area (Å²) in [6.45, 7) is 0.866. The molecule has 3 heteroatoms. The highest BCUT2D eigenvalue weighted by Gasteiger charge is 2.22. The molecule has 1 fully saturated rings. The van der Waals surface area contributed by atoms with E-state index in [0.29, 0.717) is 11.5 Å². The van der Waals surface area contributed by atoms with Crippen LogP contribution in [-0.4, -0.2) is 19.8 Å². The molecule has 2 aromatic carbocycles. The third-order valence-electron chi connectivity index (χ3n) is 4.15. The average Bonchev–Trinajstić information content (AvgIpc) is 2.99. The molecule has 1 heterocycles. The van der Waals surface area contributed by atoms with Gasteiger partial charge in [0.15, 0.2) is 0 Å². The van der Waals surface area contributed by atoms with E-state index in [1.54, 1.807) is 6.07 Å². The molecule has 0 bridgehead atoms. The second-order valence-corrected chi connectivity index (χ2v) is 5.39. The van der Waals surface area contributed by atoms with Crippen LogP contribution in [0.3, 0.4) is 0 Å². The molecular formula is C17H20FNO. The number of rotatable bonds is 4. The lowest BCUT2D eigenvalue weighted by atomic mass is 9.94. The van der Waals surface area contributed by atoms with E-state index in [4.69, 9.17) is 4.74 Å². The largest absolute Gasteiger partial charge is 0.378 e. The zero-order chi connectivity index (χ0) is 13.9. The van der Waals surface area contributed by atoms with Gasteiger partial charge in [0.2, 0.25) is 0 Å². The van der Waals surface area contributed by atoms with E-state index in [0.717, 1.165) is 36.8 Å². The Kier molecular flexibility index (Phi) is 3.99. The first-order valence-electron chi connectivity index (χ1n) is 7.25. The number of hydrogen-bond donors (Lipinski definition) is 1. The second-order valence-electron chi connectivity index (χ2n) is 5.39. The summed E-state index contributed by atoms with van der Waals surface area (Å²) in [5.41, 5.74) is 1.15. The Balaban J connectivity index is 1.96. The van der Waals surface area contributed by atoms with Crippen molar-refractivity contribution in [2.75, 3.05) is 13.7 Å². The van der Waals surface area contributed by atoms with Crippen LogP contribution >= 0.6 is 0 Å². The highest BCUT2D eigenvalue weighted by atomic mass is 19.1. The lowest BCUT2D eigenvalue weighted by Crippen LogP contribution is -2.22. The Hall–Kier alpha value is -1.45. The third kappa shape index (κ3) is 2.56. The second kappa shape index (κ2) is 5.90. The van der Waals surface area contributed by atoms with Crippen molar-refractivity contribution in [3.8, 4) is 0 Å². The lowest BCUT2D eigenvalue weighted by Gasteiger charge is -2.22. The van der Waals surface area contributed by atoms with E-state index in [2.05, 4.69) is 5.32 Å². The molecule has 0 aromatic heterocycles. The highest BCUT2D eigenvalue weighted by molar-refractivity contribution is 5.86. The predicted octanol–water partition coefficient (Wildman–Crippen LogP) is 3.81. The Morgan fingerprint density at radius 2 is 2.05 bits per heavy atom. The van der Waals surface area contributed by atoms with E-state index >= 15 is 0 Å². The van der Waals surface area contributed by atoms with E-state index in [1.807, 2.05) is 37.4 Å². The van der Waals surface area contributed by atoms with Crippen LogP contribution in [0, 0.1) is 5.82 Å². The maximum Gasteiger partial charge on any atom is 0.131 e. The van der Waals surface area contributed by atoms with E-state index in [1.165, 1.54) is 0 Å². The number of fused-ring (bicyclic) bond motifs is 1. The first-order chi connectivity index (χ1) is 9.79. The molecule has 1 aliphatic rings. The van der Waals surface area contributed by atoms with Gasteiger partial charge in [0.05, 0.1) is 6.10 Å². The molecular weight excluding hydrogens is 253 g/mol. The molecule has 0 radical (unpaired) electrons. The van der Waals surface area contributed by atoms with Crippen molar-refractivity contribution >= 4 is 10.8 Å². The number of benzene rings is 2. The van der Waals surface area contributed by atoms with Gasteiger partial charge in [-0.3, -0.25) is 0 Å². The van der Waals surface area contributed by atoms with Crippen LogP contribution in [0.15, 0.2) is 36.4 Å². The average molecular weight is 273 g/mol. The highest BCUT2D eigenvalue weighted by Crippen LogP contribution is 2.31. The predicted molar refractivity (Wildman–Crippen MR) is 79.3 cm³/mol. The van der Waals surface area contributed by atoms with Gasteiger partial charge in [-0.25, -0.2) is 4.39 Å². The fraction of sp³-hybridized carbons (Fsp3) is 0.412. The summed E-state index contributed by atoms with van der Waals surface area (Å²) in [6.07, 6.45) is 3.52. The normalized spacial score (nSPS) is 20.4. The van der Waals surface area contributed by atoms with Crippen molar-refractivity contribution in [3.05, 3.63) is 47.8 Å². The Morgan fingerprint density at radius 1 is 1.25 bits per heavy atom. The Bertz CT molecular complexity index is 593. The van der Waals surface area contributed by atoms with Gasteiger partial charge in [0.25, 0.3) is 0 Å². The number of nitrogens with one attached hydrogen (secondary N) is 1. The van der Waals surface area contributed by atoms with Gasteiger partial charge in [-0.1, -0.05) is 30.3 Å². The minimum atomic E-state index is -0.156. The van der Waals surface area contributed by atoms with E-state index in [9.17, 15) is 4.39 Å². The summed E-state index contributed by atoms with van der Waals surface area (Å²) in [5.74, 6) is -0.156. The van der Waals surface area contributed by atoms with E-state index < -0.39 is 0 Å². The van der Waals surface area contributed by atoms with Crippen molar-refractivity contribution in [2.45, 2.75) is 31.4 Å². The van der Waals surface area contributed by atoms with Gasteiger partial charge in [0, 0.05) is 18.0 Å². The molecule has 1 aliphatic heterocycles. The molecule has 20 heavy (non-hydrogen) atoms. The van der Waals surface area contributed by atoms with Gasteiger partial charge in [-0.2, -0.15) is 0 Å². The maximum absolute atomic E-state index is 13.9. The van der Waals surface area contributed by atoms with Gasteiger partial charge >= 0.3 is 0 Å². The molecule has 2 aromatic rings. The number of halogens is 1. The maximum atomic E-state index is 13.9. The molecule has 0 aliphatic carbocycles. The van der Waals surface area contributed by atoms with Gasteiger partial charge in [0.1, 0.15) is 5.82 Å². The van der Waals surface area contributed by atoms with Crippen LogP contribution in [0.1, 0.15) is 30.9 Å². The summed E-state index contributed by atoms with van der Waals surface area (Å²) in [5, 5.41) is 5.04. The zero-order valence-electron chi connectivity index (χ0n) is 11.7. The van der Waals surface area contributed by atoms with Gasteiger partial charge in [-0.05, 0) is 43.3 Å². The topological polar surface area (TPSA) is 21.3 Å². The fourth-order valence-electron chi connectivity index (χ4n) is 3.08. The van der Waals surface area contributed by atoms with Crippen LogP contribution in [0.4, 0.5) is 4.39 Å². The van der Waals surface area contributed by atoms with Crippen LogP contribution in [0.5, 0.6) is 0 Å². The lowest BCUT2D eigenvalue weighted by molar-refractivity contribution is 0.0955. The molecule has 2 atom stereocenters. The molecule has 2 unspecified atom stereocenters. The summed E-state index contributed by atoms with van der Waals surface area (Å²) >= 11 is 0. The van der Waals surface area contributed by atoms with Gasteiger partial charge < -0.3 is 10.1 Å². The standard InChI is InChI=1S/C17H20FNO/c1-19-17(11-12-5-4-10-20-12)15-8-9-16(18)14-7-3-2-6-13(14)15/h2-3,6-9,12,17,19H,4-5,10-11H2,1H3. The molecule has 3 rings (SSSR count). The monoisotopic (exact) mass is 273 g/mol. The summed E-state index contributed by atoms with van der Waals surface area (Å²) < 4.78 is 19.6. The van der Waals surface area contributed by atoms with Gasteiger partial charge in [-0.15, -0.1) is 0 Å². The summed E-state index contributed by atoms with van der Waals surface area (Å²) in [4.78, 5) is 0. The summed E-state index contributed by atoms with van der Waals surface area (Å²) in [7, 11) is 1.96. The van der Waals surface area contributed by atoms with Crippen LogP contribution in [0.2, 0.25) is 0 Å². The molecule has 0 amide bonds. The first kappa shape index (κ1) is 13.5. The smallest absolute Gasteiger partial charge is 0.131 e. The SMILES string of the molecule is CNC(CC1CCCO1)c1ccc(F)c2ccccc12. The molecule has 2 nitrogen and oxygen atoms in total. The molecule has 1 saturated heterocycles. The Labute approximate surface area is 118 Å². The molecule has 106 valence electrons. The van der Waals surface area contributed by atoms with Crippen molar-refractivity contribution < 1.29 is 9.13 Å². The first-order valence-corrected chi connectivity index (χ1v) is 7.25. The van der Waals surface area contributed by atoms with Crippen LogP contribution < -0.4 is 5.32 Å². The van der Waals surface area contributed by atoms with Crippen molar-refractivity contribution in [3.63, 3.8) is 0 Å². The number of hydrogen-bond acceptors (Lipinski definition) is 2. The van der Waals surface area contributed by atoms with Crippen molar-refractivity contribution in [2.24, 2.45) is 0 Å². The van der Waals surface area contributed by atoms with Crippen molar-refractivity contribution in [1.29, 1.82) is 0 Å². The van der Waals surface area contributed by atoms with Crippen LogP contribution in [0.25, 0.3) is 10.8 Å². The minimum Gasteiger partial charge on any atom is -0.378 e. The van der Waals surface area contributed by atoms with E-state index in [-0.39, 0.29) is 11.9 Å². The quantitative estimate of drug-likeness (QED) is 0.914. The summed E-state index contributed by atoms with van der Waals surface area (Å²) in [6, 6.07) is 11.3. The molecule has 0 saturated carbocycles. The Morgan fingerprint density at radius 3 is 2.75 bits per heavy atom. The fourth-order valence-corrected chi connectivity index (χ4v) is 3.08. The third-order valence-corrected chi connectivity index (χ3v) is 4.15. The molecule has 1 N–H and O–H groups in total. The number of ether oxygens (including phenoxy) is 1. The minimum absolute atomic E-state index is 0.156. The van der Waals surface area contributed by atoms with Crippen molar-refractivity contribution in [1.82, 2.24) is 5.32 Å². The molecule has 0 spiro atoms. The zero-order valence-corrected chi connectivity index (χ0v) is 11.7. The van der Waals surface area contributed by atoms with Crippen LogP contribution in [-0.2, 0) is 4.74 Å².